The topological polar surface area (TPSA) is 174 Å². The van der Waals surface area contributed by atoms with E-state index >= 15 is 4.39 Å². The van der Waals surface area contributed by atoms with Crippen LogP contribution < -0.4 is 29.7 Å². The van der Waals surface area contributed by atoms with Crippen LogP contribution in [0.15, 0.2) is 70.3 Å². The molecule has 4 heterocycles. The van der Waals surface area contributed by atoms with Crippen molar-refractivity contribution in [2.24, 2.45) is 5.92 Å². The summed E-state index contributed by atoms with van der Waals surface area (Å²) in [6, 6.07) is 9.81. The molecule has 7 atom stereocenters. The van der Waals surface area contributed by atoms with E-state index in [-0.39, 0.29) is 52.0 Å². The monoisotopic (exact) mass is 888 g/mol. The van der Waals surface area contributed by atoms with Gasteiger partial charge in [0.2, 0.25) is 0 Å². The minimum Gasteiger partial charge on any atom is -0.490 e. The average molecular weight is 890 g/mol. The lowest BCUT2D eigenvalue weighted by Crippen LogP contribution is -2.73. The lowest BCUT2D eigenvalue weighted by atomic mass is 9.70. The number of nitrogens with one attached hydrogen (secondary N) is 4. The summed E-state index contributed by atoms with van der Waals surface area (Å²) in [5, 5.41) is 9.48. The van der Waals surface area contributed by atoms with Crippen LogP contribution in [-0.4, -0.2) is 119 Å². The van der Waals surface area contributed by atoms with Crippen molar-refractivity contribution in [3.05, 3.63) is 71.3 Å². The highest BCUT2D eigenvalue weighted by Crippen LogP contribution is 2.43. The summed E-state index contributed by atoms with van der Waals surface area (Å²) in [7, 11) is -1.64. The number of ether oxygens (including phenoxy) is 1. The van der Waals surface area contributed by atoms with E-state index in [9.17, 15) is 16.8 Å². The Hall–Kier alpha value is -3.85. The summed E-state index contributed by atoms with van der Waals surface area (Å²) in [5.74, 6) is -0.00114. The molecule has 2 aliphatic heterocycles. The molecule has 1 saturated heterocycles. The minimum absolute atomic E-state index is 0.0204. The molecule has 2 aromatic carbocycles. The number of nitrogens with zero attached hydrogens (tertiary/aromatic N) is 6. The predicted octanol–water partition coefficient (Wildman–Crippen LogP) is 5.32. The maximum atomic E-state index is 15.6. The molecule has 0 spiro atoms. The van der Waals surface area contributed by atoms with Crippen LogP contribution in [-0.2, 0) is 20.0 Å². The zero-order chi connectivity index (χ0) is 41.5. The van der Waals surface area contributed by atoms with Crippen molar-refractivity contribution in [1.29, 1.82) is 0 Å². The molecule has 3 fully saturated rings. The fourth-order valence-electron chi connectivity index (χ4n) is 9.62. The van der Waals surface area contributed by atoms with E-state index in [0.29, 0.717) is 35.6 Å². The van der Waals surface area contributed by atoms with Crippen molar-refractivity contribution >= 4 is 65.3 Å². The fourth-order valence-corrected chi connectivity index (χ4v) is 12.8. The first-order valence-electron chi connectivity index (χ1n) is 19.9. The minimum atomic E-state index is -4.30. The van der Waals surface area contributed by atoms with E-state index in [2.05, 4.69) is 70.9 Å². The summed E-state index contributed by atoms with van der Waals surface area (Å²) in [6.45, 7) is 2.00. The zero-order valence-corrected chi connectivity index (χ0v) is 36.3. The molecule has 318 valence electrons. The summed E-state index contributed by atoms with van der Waals surface area (Å²) in [4.78, 5) is 18.6. The van der Waals surface area contributed by atoms with Crippen LogP contribution in [0.3, 0.4) is 0 Å². The van der Waals surface area contributed by atoms with Crippen molar-refractivity contribution in [2.75, 3.05) is 60.5 Å². The second-order valence-corrected chi connectivity index (χ2v) is 20.6. The van der Waals surface area contributed by atoms with Gasteiger partial charge in [0.1, 0.15) is 35.2 Å². The quantitative estimate of drug-likeness (QED) is 0.136. The highest BCUT2D eigenvalue weighted by atomic mass is 35.5. The SMILES string of the molecule is CN(C)[C@H]1C(C2NCC2N(C)[C@H]2CCCC[C@@H]2Nc2cc(F)c(S(=O)(=O)Nc3ccncn3)cc2Cl)CCC[C@@H]1N1CCOc2cc(S(=O)(=O)Nc3nccs3)ccc21. The van der Waals surface area contributed by atoms with Gasteiger partial charge in [0.25, 0.3) is 20.0 Å². The molecule has 0 radical (unpaired) electrons. The zero-order valence-electron chi connectivity index (χ0n) is 33.1. The van der Waals surface area contributed by atoms with Crippen LogP contribution in [0.4, 0.5) is 26.7 Å². The fraction of sp³-hybridized carbons (Fsp3) is 0.513. The van der Waals surface area contributed by atoms with E-state index in [1.54, 1.807) is 23.7 Å². The number of anilines is 4. The number of hydrogen-bond donors (Lipinski definition) is 4. The van der Waals surface area contributed by atoms with Crippen LogP contribution >= 0.6 is 22.9 Å². The highest BCUT2D eigenvalue weighted by Gasteiger charge is 2.49. The van der Waals surface area contributed by atoms with Crippen molar-refractivity contribution in [3.63, 3.8) is 0 Å². The molecule has 0 amide bonds. The van der Waals surface area contributed by atoms with E-state index in [0.717, 1.165) is 63.2 Å². The Bertz CT molecular complexity index is 2330. The smallest absolute Gasteiger partial charge is 0.266 e. The van der Waals surface area contributed by atoms with Gasteiger partial charge in [0.05, 0.1) is 27.8 Å². The second-order valence-electron chi connectivity index (χ2n) is 16.0. The van der Waals surface area contributed by atoms with Gasteiger partial charge in [0, 0.05) is 66.6 Å². The van der Waals surface area contributed by atoms with Crippen LogP contribution in [0.25, 0.3) is 0 Å². The molecule has 3 unspecified atom stereocenters. The first-order chi connectivity index (χ1) is 28.3. The third kappa shape index (κ3) is 8.69. The number of sulfonamides is 2. The molecule has 2 aromatic heterocycles. The van der Waals surface area contributed by atoms with Gasteiger partial charge in [-0.1, -0.05) is 30.9 Å². The van der Waals surface area contributed by atoms with Crippen molar-refractivity contribution < 1.29 is 26.0 Å². The first-order valence-corrected chi connectivity index (χ1v) is 24.1. The van der Waals surface area contributed by atoms with Crippen molar-refractivity contribution in [2.45, 2.75) is 91.0 Å². The van der Waals surface area contributed by atoms with Crippen LogP contribution in [0.5, 0.6) is 5.75 Å². The molecule has 4 aliphatic rings. The lowest BCUT2D eigenvalue weighted by molar-refractivity contribution is -0.00223. The Kier molecular flexibility index (Phi) is 12.2. The number of hydrogen-bond acceptors (Lipinski definition) is 14. The summed E-state index contributed by atoms with van der Waals surface area (Å²) in [6.07, 6.45) is 11.2. The first kappa shape index (κ1) is 41.9. The molecule has 8 rings (SSSR count). The van der Waals surface area contributed by atoms with Crippen LogP contribution in [0, 0.1) is 11.7 Å². The number of halogens is 2. The van der Waals surface area contributed by atoms with E-state index < -0.39 is 30.8 Å². The third-order valence-corrected chi connectivity index (χ3v) is 16.2. The lowest BCUT2D eigenvalue weighted by Gasteiger charge is -2.57. The Labute approximate surface area is 354 Å². The predicted molar refractivity (Wildman–Crippen MR) is 228 cm³/mol. The largest absolute Gasteiger partial charge is 0.490 e. The molecular formula is C39H50ClFN10O5S3. The van der Waals surface area contributed by atoms with Gasteiger partial charge in [-0.2, -0.15) is 0 Å². The number of fused-ring (bicyclic) bond motifs is 1. The molecule has 59 heavy (non-hydrogen) atoms. The standard InChI is InChI=1S/C39H50ClFN10O5S3/c1-49(2)38-25(7-6-10-32(38)51-16-17-56-34-19-24(11-12-31(34)51)58(52,53)48-39-43-15-18-57-39)37-33(22-44-37)50(3)30-9-5-4-8-28(30)46-29-21-27(41)35(20-26(29)40)59(54,55)47-36-13-14-42-23-45-36/h11-15,18-21,23,25,28,30,32-33,37-38,44,46H,4-10,16-17,22H2,1-3H3,(H,43,48)(H,42,45,47)/t25?,28-,30-,32-,33?,37?,38-/m0/s1. The van der Waals surface area contributed by atoms with Crippen LogP contribution in [0.2, 0.25) is 5.02 Å². The number of aromatic nitrogens is 3. The number of rotatable bonds is 13. The van der Waals surface area contributed by atoms with Gasteiger partial charge in [-0.25, -0.2) is 36.2 Å². The highest BCUT2D eigenvalue weighted by molar-refractivity contribution is 7.93. The number of benzene rings is 2. The summed E-state index contributed by atoms with van der Waals surface area (Å²) in [5.41, 5.74) is 1.25. The van der Waals surface area contributed by atoms with Crippen molar-refractivity contribution in [1.82, 2.24) is 30.1 Å². The van der Waals surface area contributed by atoms with E-state index in [4.69, 9.17) is 16.3 Å². The Morgan fingerprint density at radius 1 is 0.949 bits per heavy atom. The normalized spacial score (nSPS) is 26.2. The van der Waals surface area contributed by atoms with Gasteiger partial charge >= 0.3 is 0 Å². The van der Waals surface area contributed by atoms with Gasteiger partial charge in [-0.05, 0) is 83.1 Å². The number of likely N-dealkylation sites (N-methyl/N-ethyl adjacent to an activating group) is 2. The Balaban J connectivity index is 0.976. The molecule has 20 heteroatoms. The van der Waals surface area contributed by atoms with Crippen LogP contribution in [0.1, 0.15) is 44.9 Å². The van der Waals surface area contributed by atoms with E-state index in [1.165, 1.54) is 36.0 Å². The Morgan fingerprint density at radius 2 is 1.78 bits per heavy atom. The van der Waals surface area contributed by atoms with Gasteiger partial charge in [-0.15, -0.1) is 11.3 Å². The molecular weight excluding hydrogens is 839 g/mol. The van der Waals surface area contributed by atoms with Gasteiger partial charge in [-0.3, -0.25) is 14.3 Å². The maximum Gasteiger partial charge on any atom is 0.266 e. The molecule has 4 N–H and O–H groups in total. The molecule has 4 aromatic rings. The molecule has 2 aliphatic carbocycles. The molecule has 15 nitrogen and oxygen atoms in total. The third-order valence-electron chi connectivity index (χ3n) is 12.3. The van der Waals surface area contributed by atoms with Crippen molar-refractivity contribution in [3.8, 4) is 5.75 Å². The van der Waals surface area contributed by atoms with E-state index in [1.807, 2.05) is 6.07 Å². The average Bonchev–Trinajstić information content (AvgIpc) is 3.71. The summed E-state index contributed by atoms with van der Waals surface area (Å²) < 4.78 is 79.1. The maximum absolute atomic E-state index is 15.6. The number of thiazole rings is 1. The van der Waals surface area contributed by atoms with Gasteiger partial charge in [0.15, 0.2) is 5.13 Å². The molecule has 0 bridgehead atoms. The molecule has 2 saturated carbocycles. The van der Waals surface area contributed by atoms with Gasteiger partial charge < -0.3 is 25.2 Å². The summed E-state index contributed by atoms with van der Waals surface area (Å²) >= 11 is 7.89. The second kappa shape index (κ2) is 17.3. The Morgan fingerprint density at radius 3 is 2.51 bits per heavy atom.